The number of likely N-dealkylation sites (tertiary alicyclic amines) is 1. The Balaban J connectivity index is 3.50. The molecular formula is C24H42N2O5. The van der Waals surface area contributed by atoms with Crippen LogP contribution in [-0.2, 0) is 19.1 Å². The molecule has 1 heterocycles. The summed E-state index contributed by atoms with van der Waals surface area (Å²) in [5.41, 5.74) is -1.40. The average molecular weight is 439 g/mol. The van der Waals surface area contributed by atoms with Crippen LogP contribution in [-0.4, -0.2) is 52.2 Å². The monoisotopic (exact) mass is 438 g/mol. The molecule has 1 saturated heterocycles. The van der Waals surface area contributed by atoms with Crippen molar-refractivity contribution in [2.24, 2.45) is 11.8 Å². The van der Waals surface area contributed by atoms with Crippen LogP contribution in [0.25, 0.3) is 0 Å². The maximum atomic E-state index is 13.3. The fourth-order valence-electron chi connectivity index (χ4n) is 4.05. The summed E-state index contributed by atoms with van der Waals surface area (Å²) in [6.45, 7) is 18.3. The Kier molecular flexibility index (Phi) is 9.15. The standard InChI is InChI=1S/C24H42N2O5/c1-11-12-17-14-19(21(28)30-23(5,6)7)26(22(29)31-24(8,9)10)20(17)18(13-15(2)3)25-16(4)27/h11-12,15,17-20H,13-14H2,1-10H3,(H,25,27)/b12-11-/t17-,18+,19-,20-/m1/s1. The van der Waals surface area contributed by atoms with Crippen molar-refractivity contribution >= 4 is 18.0 Å². The number of nitrogens with one attached hydrogen (secondary N) is 1. The van der Waals surface area contributed by atoms with E-state index in [4.69, 9.17) is 9.47 Å². The number of carbonyl (C=O) groups excluding carboxylic acids is 3. The van der Waals surface area contributed by atoms with Gasteiger partial charge in [-0.25, -0.2) is 9.59 Å². The molecule has 0 aromatic rings. The van der Waals surface area contributed by atoms with Crippen LogP contribution in [0.4, 0.5) is 4.79 Å². The minimum Gasteiger partial charge on any atom is -0.458 e. The van der Waals surface area contributed by atoms with Gasteiger partial charge in [0.25, 0.3) is 0 Å². The summed E-state index contributed by atoms with van der Waals surface area (Å²) in [7, 11) is 0. The van der Waals surface area contributed by atoms with Crippen molar-refractivity contribution in [1.82, 2.24) is 10.2 Å². The van der Waals surface area contributed by atoms with Gasteiger partial charge >= 0.3 is 12.1 Å². The molecule has 0 bridgehead atoms. The molecule has 1 rings (SSSR count). The van der Waals surface area contributed by atoms with E-state index in [1.807, 2.05) is 19.1 Å². The van der Waals surface area contributed by atoms with Gasteiger partial charge in [-0.15, -0.1) is 0 Å². The van der Waals surface area contributed by atoms with E-state index < -0.39 is 35.3 Å². The van der Waals surface area contributed by atoms with Crippen LogP contribution in [0.5, 0.6) is 0 Å². The van der Waals surface area contributed by atoms with E-state index in [2.05, 4.69) is 19.2 Å². The molecular weight excluding hydrogens is 396 g/mol. The van der Waals surface area contributed by atoms with Crippen LogP contribution < -0.4 is 5.32 Å². The van der Waals surface area contributed by atoms with Gasteiger partial charge in [0.15, 0.2) is 0 Å². The Hall–Kier alpha value is -2.05. The lowest BCUT2D eigenvalue weighted by atomic mass is 9.88. The highest BCUT2D eigenvalue weighted by Gasteiger charge is 2.51. The van der Waals surface area contributed by atoms with Crippen molar-refractivity contribution in [3.05, 3.63) is 12.2 Å². The predicted molar refractivity (Wildman–Crippen MR) is 121 cm³/mol. The number of amides is 2. The Morgan fingerprint density at radius 1 is 1.06 bits per heavy atom. The summed E-state index contributed by atoms with van der Waals surface area (Å²) in [4.78, 5) is 40.0. The lowest BCUT2D eigenvalue weighted by Gasteiger charge is -2.38. The van der Waals surface area contributed by atoms with Crippen LogP contribution in [0.2, 0.25) is 0 Å². The van der Waals surface area contributed by atoms with Crippen LogP contribution in [0.3, 0.4) is 0 Å². The number of ether oxygens (including phenoxy) is 2. The third-order valence-electron chi connectivity index (χ3n) is 4.84. The van der Waals surface area contributed by atoms with Gasteiger partial charge in [-0.2, -0.15) is 0 Å². The summed E-state index contributed by atoms with van der Waals surface area (Å²) in [6.07, 6.45) is 4.43. The van der Waals surface area contributed by atoms with E-state index in [0.717, 1.165) is 0 Å². The van der Waals surface area contributed by atoms with Gasteiger partial charge < -0.3 is 14.8 Å². The highest BCUT2D eigenvalue weighted by Crippen LogP contribution is 2.37. The van der Waals surface area contributed by atoms with Crippen molar-refractivity contribution in [1.29, 1.82) is 0 Å². The van der Waals surface area contributed by atoms with Gasteiger partial charge in [0, 0.05) is 12.8 Å². The minimum atomic E-state index is -0.788. The fraction of sp³-hybridized carbons (Fsp3) is 0.792. The quantitative estimate of drug-likeness (QED) is 0.489. The molecule has 4 atom stereocenters. The normalized spacial score (nSPS) is 23.2. The number of allylic oxidation sites excluding steroid dienone is 1. The van der Waals surface area contributed by atoms with Crippen molar-refractivity contribution in [2.75, 3.05) is 0 Å². The zero-order chi connectivity index (χ0) is 24.1. The van der Waals surface area contributed by atoms with Crippen molar-refractivity contribution in [3.8, 4) is 0 Å². The summed E-state index contributed by atoms with van der Waals surface area (Å²) in [6, 6.07) is -1.53. The van der Waals surface area contributed by atoms with E-state index in [0.29, 0.717) is 12.8 Å². The Labute approximate surface area is 187 Å². The summed E-state index contributed by atoms with van der Waals surface area (Å²) in [5, 5.41) is 3.02. The smallest absolute Gasteiger partial charge is 0.411 e. The highest BCUT2D eigenvalue weighted by atomic mass is 16.6. The summed E-state index contributed by atoms with van der Waals surface area (Å²) < 4.78 is 11.3. The first-order valence-electron chi connectivity index (χ1n) is 11.2. The number of hydrogen-bond acceptors (Lipinski definition) is 5. The predicted octanol–water partition coefficient (Wildman–Crippen LogP) is 4.45. The second-order valence-corrected chi connectivity index (χ2v) is 10.8. The molecule has 0 aliphatic carbocycles. The SMILES string of the molecule is C/C=C\[C@@H]1C[C@H](C(=O)OC(C)(C)C)N(C(=O)OC(C)(C)C)[C@H]1[C@H](CC(C)C)NC(C)=O. The molecule has 31 heavy (non-hydrogen) atoms. The Bertz CT molecular complexity index is 672. The van der Waals surface area contributed by atoms with Crippen molar-refractivity contribution in [2.45, 2.75) is 111 Å². The number of carbonyl (C=O) groups is 3. The number of nitrogens with zero attached hydrogens (tertiary/aromatic N) is 1. The fourth-order valence-corrected chi connectivity index (χ4v) is 4.05. The van der Waals surface area contributed by atoms with Gasteiger partial charge in [-0.3, -0.25) is 9.69 Å². The van der Waals surface area contributed by atoms with Crippen LogP contribution in [0.1, 0.15) is 82.1 Å². The average Bonchev–Trinajstić information content (AvgIpc) is 2.90. The largest absolute Gasteiger partial charge is 0.458 e. The molecule has 1 N–H and O–H groups in total. The first-order valence-corrected chi connectivity index (χ1v) is 11.2. The van der Waals surface area contributed by atoms with Gasteiger partial charge in [0.1, 0.15) is 17.2 Å². The molecule has 0 unspecified atom stereocenters. The maximum Gasteiger partial charge on any atom is 0.411 e. The van der Waals surface area contributed by atoms with Crippen LogP contribution in [0.15, 0.2) is 12.2 Å². The van der Waals surface area contributed by atoms with E-state index in [1.165, 1.54) is 11.8 Å². The number of hydrogen-bond donors (Lipinski definition) is 1. The molecule has 2 amide bonds. The summed E-state index contributed by atoms with van der Waals surface area (Å²) >= 11 is 0. The lowest BCUT2D eigenvalue weighted by molar-refractivity contribution is -0.160. The number of rotatable bonds is 6. The van der Waals surface area contributed by atoms with Crippen molar-refractivity contribution < 1.29 is 23.9 Å². The molecule has 0 aromatic carbocycles. The molecule has 1 aliphatic heterocycles. The first kappa shape index (κ1) is 27.0. The van der Waals surface area contributed by atoms with E-state index in [9.17, 15) is 14.4 Å². The third-order valence-corrected chi connectivity index (χ3v) is 4.84. The number of esters is 1. The lowest BCUT2D eigenvalue weighted by Crippen LogP contribution is -2.57. The molecule has 0 saturated carbocycles. The molecule has 7 heteroatoms. The van der Waals surface area contributed by atoms with Crippen LogP contribution in [0, 0.1) is 11.8 Å². The Morgan fingerprint density at radius 2 is 1.61 bits per heavy atom. The molecule has 178 valence electrons. The Morgan fingerprint density at radius 3 is 2.03 bits per heavy atom. The topological polar surface area (TPSA) is 84.9 Å². The van der Waals surface area contributed by atoms with E-state index in [-0.39, 0.29) is 23.8 Å². The van der Waals surface area contributed by atoms with Gasteiger partial charge in [0.2, 0.25) is 5.91 Å². The molecule has 1 fully saturated rings. The second kappa shape index (κ2) is 10.5. The van der Waals surface area contributed by atoms with Gasteiger partial charge in [-0.1, -0.05) is 26.0 Å². The first-order chi connectivity index (χ1) is 14.1. The molecule has 0 spiro atoms. The van der Waals surface area contributed by atoms with Crippen molar-refractivity contribution in [3.63, 3.8) is 0 Å². The van der Waals surface area contributed by atoms with Gasteiger partial charge in [0.05, 0.1) is 12.1 Å². The van der Waals surface area contributed by atoms with E-state index in [1.54, 1.807) is 41.5 Å². The minimum absolute atomic E-state index is 0.120. The molecule has 1 aliphatic rings. The highest BCUT2D eigenvalue weighted by molar-refractivity contribution is 5.83. The molecule has 7 nitrogen and oxygen atoms in total. The van der Waals surface area contributed by atoms with Gasteiger partial charge in [-0.05, 0) is 67.2 Å². The second-order valence-electron chi connectivity index (χ2n) is 10.8. The van der Waals surface area contributed by atoms with E-state index >= 15 is 0 Å². The summed E-state index contributed by atoms with van der Waals surface area (Å²) in [5.74, 6) is -0.467. The zero-order valence-electron chi connectivity index (χ0n) is 20.9. The third kappa shape index (κ3) is 8.54. The molecule has 0 radical (unpaired) electrons. The molecule has 0 aromatic heterocycles. The maximum absolute atomic E-state index is 13.3. The van der Waals surface area contributed by atoms with Crippen LogP contribution >= 0.6 is 0 Å². The zero-order valence-corrected chi connectivity index (χ0v) is 20.9.